The first kappa shape index (κ1) is 10.5. The SMILES string of the molecule is CSc1nccc(Cl)c1-c1ccccc1. The van der Waals surface area contributed by atoms with Gasteiger partial charge in [-0.15, -0.1) is 11.8 Å². The topological polar surface area (TPSA) is 12.9 Å². The number of hydrogen-bond donors (Lipinski definition) is 0. The molecule has 0 aliphatic carbocycles. The lowest BCUT2D eigenvalue weighted by atomic mass is 10.1. The van der Waals surface area contributed by atoms with E-state index in [-0.39, 0.29) is 0 Å². The Morgan fingerprint density at radius 2 is 1.87 bits per heavy atom. The second-order valence-corrected chi connectivity index (χ2v) is 4.25. The highest BCUT2D eigenvalue weighted by Gasteiger charge is 2.09. The molecule has 0 bridgehead atoms. The molecule has 0 amide bonds. The largest absolute Gasteiger partial charge is 0.249 e. The van der Waals surface area contributed by atoms with Crippen LogP contribution in [0.3, 0.4) is 0 Å². The smallest absolute Gasteiger partial charge is 0.105 e. The van der Waals surface area contributed by atoms with Crippen LogP contribution in [0.5, 0.6) is 0 Å². The molecular weight excluding hydrogens is 226 g/mol. The summed E-state index contributed by atoms with van der Waals surface area (Å²) in [6, 6.07) is 11.9. The van der Waals surface area contributed by atoms with Crippen molar-refractivity contribution in [3.05, 3.63) is 47.6 Å². The normalized spacial score (nSPS) is 10.3. The Kier molecular flexibility index (Phi) is 3.29. The van der Waals surface area contributed by atoms with Gasteiger partial charge in [0.15, 0.2) is 0 Å². The van der Waals surface area contributed by atoms with E-state index in [2.05, 4.69) is 4.98 Å². The van der Waals surface area contributed by atoms with Crippen LogP contribution in [-0.4, -0.2) is 11.2 Å². The summed E-state index contributed by atoms with van der Waals surface area (Å²) in [6.07, 6.45) is 3.74. The van der Waals surface area contributed by atoms with Crippen LogP contribution in [0.2, 0.25) is 5.02 Å². The minimum absolute atomic E-state index is 0.751. The summed E-state index contributed by atoms with van der Waals surface area (Å²) in [5.74, 6) is 0. The van der Waals surface area contributed by atoms with Gasteiger partial charge in [-0.2, -0.15) is 0 Å². The van der Waals surface area contributed by atoms with Crippen molar-refractivity contribution < 1.29 is 0 Å². The quantitative estimate of drug-likeness (QED) is 0.727. The lowest BCUT2D eigenvalue weighted by Gasteiger charge is -2.08. The van der Waals surface area contributed by atoms with Crippen molar-refractivity contribution in [2.24, 2.45) is 0 Å². The Morgan fingerprint density at radius 1 is 1.13 bits per heavy atom. The molecule has 1 nitrogen and oxygen atoms in total. The number of rotatable bonds is 2. The fraction of sp³-hybridized carbons (Fsp3) is 0.0833. The highest BCUT2D eigenvalue weighted by Crippen LogP contribution is 2.34. The van der Waals surface area contributed by atoms with Gasteiger partial charge >= 0.3 is 0 Å². The van der Waals surface area contributed by atoms with Crippen LogP contribution in [0.15, 0.2) is 47.6 Å². The third-order valence-corrected chi connectivity index (χ3v) is 3.13. The van der Waals surface area contributed by atoms with Gasteiger partial charge in [-0.05, 0) is 17.9 Å². The molecule has 3 heteroatoms. The predicted molar refractivity (Wildman–Crippen MR) is 66.5 cm³/mol. The van der Waals surface area contributed by atoms with Crippen molar-refractivity contribution in [2.75, 3.05) is 6.26 Å². The average Bonchev–Trinajstić information content (AvgIpc) is 2.29. The molecule has 0 saturated heterocycles. The third kappa shape index (κ3) is 2.16. The molecule has 0 radical (unpaired) electrons. The number of halogens is 1. The molecule has 1 heterocycles. The Labute approximate surface area is 98.5 Å². The van der Waals surface area contributed by atoms with Gasteiger partial charge < -0.3 is 0 Å². The standard InChI is InChI=1S/C12H10ClNS/c1-15-12-11(10(13)7-8-14-12)9-5-3-2-4-6-9/h2-8H,1H3. The number of hydrogen-bond acceptors (Lipinski definition) is 2. The van der Waals surface area contributed by atoms with Crippen LogP contribution in [0.1, 0.15) is 0 Å². The maximum absolute atomic E-state index is 6.19. The van der Waals surface area contributed by atoms with Gasteiger partial charge in [0.05, 0.1) is 5.02 Å². The molecule has 1 aromatic carbocycles. The molecule has 15 heavy (non-hydrogen) atoms. The lowest BCUT2D eigenvalue weighted by molar-refractivity contribution is 1.14. The molecule has 76 valence electrons. The number of thioether (sulfide) groups is 1. The molecule has 1 aromatic heterocycles. The summed E-state index contributed by atoms with van der Waals surface area (Å²) in [7, 11) is 0. The van der Waals surface area contributed by atoms with Crippen molar-refractivity contribution in [3.8, 4) is 11.1 Å². The second kappa shape index (κ2) is 4.69. The maximum atomic E-state index is 6.19. The van der Waals surface area contributed by atoms with Crippen molar-refractivity contribution in [2.45, 2.75) is 5.03 Å². The Balaban J connectivity index is 2.61. The van der Waals surface area contributed by atoms with Crippen LogP contribution in [0, 0.1) is 0 Å². The molecule has 2 rings (SSSR count). The average molecular weight is 236 g/mol. The van der Waals surface area contributed by atoms with Crippen molar-refractivity contribution >= 4 is 23.4 Å². The van der Waals surface area contributed by atoms with Gasteiger partial charge in [0.2, 0.25) is 0 Å². The van der Waals surface area contributed by atoms with E-state index in [1.54, 1.807) is 18.0 Å². The van der Waals surface area contributed by atoms with Gasteiger partial charge in [0.1, 0.15) is 5.03 Å². The van der Waals surface area contributed by atoms with E-state index in [9.17, 15) is 0 Å². The number of nitrogens with zero attached hydrogens (tertiary/aromatic N) is 1. The van der Waals surface area contributed by atoms with E-state index in [4.69, 9.17) is 11.6 Å². The third-order valence-electron chi connectivity index (χ3n) is 2.12. The highest BCUT2D eigenvalue weighted by atomic mass is 35.5. The first-order valence-corrected chi connectivity index (χ1v) is 6.17. The molecule has 0 aliphatic rings. The van der Waals surface area contributed by atoms with E-state index in [0.717, 1.165) is 21.2 Å². The van der Waals surface area contributed by atoms with Crippen molar-refractivity contribution in [1.29, 1.82) is 0 Å². The molecule has 0 spiro atoms. The van der Waals surface area contributed by atoms with Crippen molar-refractivity contribution in [3.63, 3.8) is 0 Å². The zero-order valence-electron chi connectivity index (χ0n) is 8.27. The molecule has 0 fully saturated rings. The van der Waals surface area contributed by atoms with Gasteiger partial charge in [0.25, 0.3) is 0 Å². The maximum Gasteiger partial charge on any atom is 0.105 e. The zero-order chi connectivity index (χ0) is 10.7. The van der Waals surface area contributed by atoms with Crippen molar-refractivity contribution in [1.82, 2.24) is 4.98 Å². The Bertz CT molecular complexity index is 456. The van der Waals surface area contributed by atoms with Crippen LogP contribution < -0.4 is 0 Å². The minimum Gasteiger partial charge on any atom is -0.249 e. The molecule has 0 unspecified atom stereocenters. The summed E-state index contributed by atoms with van der Waals surface area (Å²) in [5.41, 5.74) is 2.13. The van der Waals surface area contributed by atoms with Crippen LogP contribution in [0.4, 0.5) is 0 Å². The number of benzene rings is 1. The summed E-state index contributed by atoms with van der Waals surface area (Å²) >= 11 is 7.80. The van der Waals surface area contributed by atoms with E-state index >= 15 is 0 Å². The van der Waals surface area contributed by atoms with Gasteiger partial charge in [-0.3, -0.25) is 0 Å². The van der Waals surface area contributed by atoms with Crippen LogP contribution >= 0.6 is 23.4 Å². The highest BCUT2D eigenvalue weighted by molar-refractivity contribution is 7.98. The number of pyridine rings is 1. The van der Waals surface area contributed by atoms with E-state index in [1.165, 1.54) is 0 Å². The summed E-state index contributed by atoms with van der Waals surface area (Å²) < 4.78 is 0. The van der Waals surface area contributed by atoms with E-state index < -0.39 is 0 Å². The molecule has 0 aliphatic heterocycles. The predicted octanol–water partition coefficient (Wildman–Crippen LogP) is 4.12. The van der Waals surface area contributed by atoms with Crippen LogP contribution in [0.25, 0.3) is 11.1 Å². The Hall–Kier alpha value is -0.990. The monoisotopic (exact) mass is 235 g/mol. The van der Waals surface area contributed by atoms with Gasteiger partial charge in [-0.25, -0.2) is 4.98 Å². The number of aromatic nitrogens is 1. The van der Waals surface area contributed by atoms with Gasteiger partial charge in [0, 0.05) is 11.8 Å². The molecule has 2 aromatic rings. The van der Waals surface area contributed by atoms with Crippen LogP contribution in [-0.2, 0) is 0 Å². The molecule has 0 atom stereocenters. The first-order valence-electron chi connectivity index (χ1n) is 4.57. The Morgan fingerprint density at radius 3 is 2.53 bits per heavy atom. The minimum atomic E-state index is 0.751. The fourth-order valence-corrected chi connectivity index (χ4v) is 2.35. The second-order valence-electron chi connectivity index (χ2n) is 3.04. The molecular formula is C12H10ClNS. The van der Waals surface area contributed by atoms with E-state index in [0.29, 0.717) is 0 Å². The first-order chi connectivity index (χ1) is 7.33. The molecule has 0 saturated carbocycles. The van der Waals surface area contributed by atoms with Gasteiger partial charge in [-0.1, -0.05) is 41.9 Å². The fourth-order valence-electron chi connectivity index (χ4n) is 1.44. The van der Waals surface area contributed by atoms with E-state index in [1.807, 2.05) is 42.7 Å². The lowest BCUT2D eigenvalue weighted by Crippen LogP contribution is -1.86. The summed E-state index contributed by atoms with van der Waals surface area (Å²) in [6.45, 7) is 0. The zero-order valence-corrected chi connectivity index (χ0v) is 9.85. The summed E-state index contributed by atoms with van der Waals surface area (Å²) in [4.78, 5) is 4.31. The molecule has 0 N–H and O–H groups in total. The summed E-state index contributed by atoms with van der Waals surface area (Å²) in [5, 5.41) is 1.72.